The zero-order chi connectivity index (χ0) is 22.9. The molecule has 1 atom stereocenters. The Bertz CT molecular complexity index is 1160. The number of rotatable bonds is 4. The van der Waals surface area contributed by atoms with Crippen LogP contribution < -0.4 is 14.5 Å². The maximum Gasteiger partial charge on any atom is 0.227 e. The van der Waals surface area contributed by atoms with E-state index in [0.717, 1.165) is 78.9 Å². The summed E-state index contributed by atoms with van der Waals surface area (Å²) in [6, 6.07) is 11.7. The predicted molar refractivity (Wildman–Crippen MR) is 136 cm³/mol. The Balaban J connectivity index is 1.22. The molecule has 0 spiro atoms. The third-order valence-electron chi connectivity index (χ3n) is 6.49. The zero-order valence-electron chi connectivity index (χ0n) is 18.5. The van der Waals surface area contributed by atoms with Gasteiger partial charge in [0.2, 0.25) is 5.91 Å². The first kappa shape index (κ1) is 22.6. The molecule has 2 saturated heterocycles. The number of fused-ring (bicyclic) bond motifs is 1. The number of amides is 1. The van der Waals surface area contributed by atoms with Crippen molar-refractivity contribution in [2.24, 2.45) is 5.92 Å². The van der Waals surface area contributed by atoms with Crippen molar-refractivity contribution in [3.8, 4) is 5.75 Å². The molecular formula is C24H26Cl2N4O2S. The summed E-state index contributed by atoms with van der Waals surface area (Å²) < 4.78 is 6.45. The average molecular weight is 505 g/mol. The van der Waals surface area contributed by atoms with Crippen molar-refractivity contribution < 1.29 is 9.53 Å². The minimum Gasteiger partial charge on any atom is -0.497 e. The van der Waals surface area contributed by atoms with Crippen LogP contribution in [-0.2, 0) is 4.79 Å². The summed E-state index contributed by atoms with van der Waals surface area (Å²) in [7, 11) is 1.67. The van der Waals surface area contributed by atoms with Gasteiger partial charge < -0.3 is 19.4 Å². The van der Waals surface area contributed by atoms with E-state index in [2.05, 4.69) is 9.80 Å². The van der Waals surface area contributed by atoms with E-state index in [4.69, 9.17) is 32.9 Å². The maximum absolute atomic E-state index is 13.3. The van der Waals surface area contributed by atoms with E-state index in [9.17, 15) is 4.79 Å². The lowest BCUT2D eigenvalue weighted by molar-refractivity contribution is -0.136. The second-order valence-electron chi connectivity index (χ2n) is 8.53. The van der Waals surface area contributed by atoms with Crippen LogP contribution in [0, 0.1) is 5.92 Å². The summed E-state index contributed by atoms with van der Waals surface area (Å²) in [5, 5.41) is 2.10. The third kappa shape index (κ3) is 4.72. The van der Waals surface area contributed by atoms with Gasteiger partial charge in [-0.05, 0) is 49.2 Å². The van der Waals surface area contributed by atoms with E-state index >= 15 is 0 Å². The predicted octanol–water partition coefficient (Wildman–Crippen LogP) is 5.18. The van der Waals surface area contributed by atoms with E-state index in [-0.39, 0.29) is 11.8 Å². The SMILES string of the molecule is COc1ccc2nc(N3CCCC(C(=O)N4CCN(c5ccc(Cl)c(Cl)c5)CC4)C3)sc2c1. The number of carbonyl (C=O) groups excluding carboxylic acids is 1. The highest BCUT2D eigenvalue weighted by molar-refractivity contribution is 7.22. The van der Waals surface area contributed by atoms with Crippen molar-refractivity contribution in [2.45, 2.75) is 12.8 Å². The first-order valence-electron chi connectivity index (χ1n) is 11.2. The fourth-order valence-electron chi connectivity index (χ4n) is 4.63. The standard InChI is InChI=1S/C24H26Cl2N4O2S/c1-32-18-5-7-21-22(14-18)33-24(27-21)30-8-2-3-16(15-30)23(31)29-11-9-28(10-12-29)17-4-6-19(25)20(26)13-17/h4-7,13-14,16H,2-3,8-12,15H2,1H3. The quantitative estimate of drug-likeness (QED) is 0.489. The number of piperidine rings is 1. The van der Waals surface area contributed by atoms with Gasteiger partial charge in [-0.25, -0.2) is 4.98 Å². The van der Waals surface area contributed by atoms with Crippen molar-refractivity contribution in [1.29, 1.82) is 0 Å². The van der Waals surface area contributed by atoms with Gasteiger partial charge in [0.25, 0.3) is 0 Å². The molecule has 0 aliphatic carbocycles. The molecule has 0 radical (unpaired) electrons. The van der Waals surface area contributed by atoms with Gasteiger partial charge >= 0.3 is 0 Å². The normalized spacial score (nSPS) is 19.2. The molecule has 2 aliphatic rings. The van der Waals surface area contributed by atoms with E-state index in [0.29, 0.717) is 10.0 Å². The van der Waals surface area contributed by atoms with Gasteiger partial charge in [-0.1, -0.05) is 34.5 Å². The smallest absolute Gasteiger partial charge is 0.227 e. The Morgan fingerprint density at radius 2 is 1.85 bits per heavy atom. The van der Waals surface area contributed by atoms with E-state index in [1.54, 1.807) is 18.4 Å². The summed E-state index contributed by atoms with van der Waals surface area (Å²) in [5.41, 5.74) is 2.02. The fraction of sp³-hybridized carbons (Fsp3) is 0.417. The topological polar surface area (TPSA) is 48.9 Å². The number of nitrogens with zero attached hydrogens (tertiary/aromatic N) is 4. The highest BCUT2D eigenvalue weighted by atomic mass is 35.5. The average Bonchev–Trinajstić information content (AvgIpc) is 3.29. The Morgan fingerprint density at radius 3 is 2.61 bits per heavy atom. The molecule has 5 rings (SSSR count). The Hall–Kier alpha value is -2.22. The van der Waals surface area contributed by atoms with Crippen molar-refractivity contribution in [3.63, 3.8) is 0 Å². The Labute approximate surface area is 207 Å². The molecular weight excluding hydrogens is 479 g/mol. The highest BCUT2D eigenvalue weighted by Gasteiger charge is 2.32. The van der Waals surface area contributed by atoms with Gasteiger partial charge in [-0.3, -0.25) is 4.79 Å². The lowest BCUT2D eigenvalue weighted by atomic mass is 9.96. The first-order chi connectivity index (χ1) is 16.0. The van der Waals surface area contributed by atoms with Gasteiger partial charge in [0.05, 0.1) is 33.3 Å². The highest BCUT2D eigenvalue weighted by Crippen LogP contribution is 2.34. The Morgan fingerprint density at radius 1 is 1.03 bits per heavy atom. The lowest BCUT2D eigenvalue weighted by Gasteiger charge is -2.39. The van der Waals surface area contributed by atoms with Crippen LogP contribution in [0.15, 0.2) is 36.4 Å². The van der Waals surface area contributed by atoms with Crippen molar-refractivity contribution in [3.05, 3.63) is 46.4 Å². The number of methoxy groups -OCH3 is 1. The molecule has 1 aromatic heterocycles. The van der Waals surface area contributed by atoms with Crippen molar-refractivity contribution in [1.82, 2.24) is 9.88 Å². The van der Waals surface area contributed by atoms with Crippen LogP contribution in [0.1, 0.15) is 12.8 Å². The number of hydrogen-bond acceptors (Lipinski definition) is 6. The number of halogens is 2. The summed E-state index contributed by atoms with van der Waals surface area (Å²) in [6.07, 6.45) is 1.93. The molecule has 3 aromatic rings. The van der Waals surface area contributed by atoms with Crippen LogP contribution >= 0.6 is 34.5 Å². The largest absolute Gasteiger partial charge is 0.497 e. The minimum absolute atomic E-state index is 0.0109. The molecule has 2 fully saturated rings. The van der Waals surface area contributed by atoms with Crippen LogP contribution in [0.2, 0.25) is 10.0 Å². The number of thiazole rings is 1. The van der Waals surface area contributed by atoms with Crippen molar-refractivity contribution >= 4 is 61.5 Å². The Kier molecular flexibility index (Phi) is 6.54. The van der Waals surface area contributed by atoms with Crippen LogP contribution in [0.4, 0.5) is 10.8 Å². The van der Waals surface area contributed by atoms with Crippen LogP contribution in [0.25, 0.3) is 10.2 Å². The summed E-state index contributed by atoms with van der Waals surface area (Å²) in [5.74, 6) is 1.11. The summed E-state index contributed by atoms with van der Waals surface area (Å²) >= 11 is 13.9. The molecule has 1 amide bonds. The molecule has 2 aliphatic heterocycles. The molecule has 9 heteroatoms. The fourth-order valence-corrected chi connectivity index (χ4v) is 5.95. The van der Waals surface area contributed by atoms with Crippen LogP contribution in [0.3, 0.4) is 0 Å². The molecule has 2 aromatic carbocycles. The van der Waals surface area contributed by atoms with E-state index in [1.807, 2.05) is 41.3 Å². The van der Waals surface area contributed by atoms with Gasteiger partial charge in [0.15, 0.2) is 5.13 Å². The maximum atomic E-state index is 13.3. The van der Waals surface area contributed by atoms with Gasteiger partial charge in [-0.15, -0.1) is 0 Å². The van der Waals surface area contributed by atoms with E-state index in [1.165, 1.54) is 0 Å². The van der Waals surface area contributed by atoms with Crippen molar-refractivity contribution in [2.75, 3.05) is 56.2 Å². The molecule has 3 heterocycles. The van der Waals surface area contributed by atoms with Gasteiger partial charge in [-0.2, -0.15) is 0 Å². The molecule has 33 heavy (non-hydrogen) atoms. The zero-order valence-corrected chi connectivity index (χ0v) is 20.8. The monoisotopic (exact) mass is 504 g/mol. The lowest BCUT2D eigenvalue weighted by Crippen LogP contribution is -2.52. The molecule has 0 saturated carbocycles. The first-order valence-corrected chi connectivity index (χ1v) is 12.8. The van der Waals surface area contributed by atoms with E-state index < -0.39 is 0 Å². The molecule has 0 bridgehead atoms. The summed E-state index contributed by atoms with van der Waals surface area (Å²) in [6.45, 7) is 4.68. The number of piperazine rings is 1. The number of carbonyl (C=O) groups is 1. The van der Waals surface area contributed by atoms with Gasteiger partial charge in [0.1, 0.15) is 5.75 Å². The molecule has 174 valence electrons. The molecule has 1 unspecified atom stereocenters. The molecule has 0 N–H and O–H groups in total. The van der Waals surface area contributed by atoms with Crippen LogP contribution in [0.5, 0.6) is 5.75 Å². The second kappa shape index (κ2) is 9.57. The van der Waals surface area contributed by atoms with Crippen LogP contribution in [-0.4, -0.2) is 62.2 Å². The number of ether oxygens (including phenoxy) is 1. The summed E-state index contributed by atoms with van der Waals surface area (Å²) in [4.78, 5) is 24.7. The number of benzene rings is 2. The van der Waals surface area contributed by atoms with Gasteiger partial charge in [0, 0.05) is 45.0 Å². The molecule has 6 nitrogen and oxygen atoms in total. The number of anilines is 2. The minimum atomic E-state index is 0.0109. The third-order valence-corrected chi connectivity index (χ3v) is 8.30. The number of hydrogen-bond donors (Lipinski definition) is 0. The second-order valence-corrected chi connectivity index (χ2v) is 10.3. The number of aromatic nitrogens is 1.